The smallest absolute Gasteiger partial charge is 0.309 e. The van der Waals surface area contributed by atoms with Crippen molar-refractivity contribution < 1.29 is 19.0 Å². The summed E-state index contributed by atoms with van der Waals surface area (Å²) in [6, 6.07) is 14.1. The summed E-state index contributed by atoms with van der Waals surface area (Å²) in [6.07, 6.45) is 4.46. The Morgan fingerprint density at radius 2 is 1.76 bits per heavy atom. The van der Waals surface area contributed by atoms with Crippen LogP contribution in [0.15, 0.2) is 42.5 Å². The molecule has 4 rings (SSSR count). The van der Waals surface area contributed by atoms with Crippen molar-refractivity contribution in [1.29, 1.82) is 0 Å². The van der Waals surface area contributed by atoms with Gasteiger partial charge in [0.15, 0.2) is 11.5 Å². The number of esters is 1. The number of nitrogens with one attached hydrogen (secondary N) is 1. The molecule has 1 aliphatic heterocycles. The molecule has 154 valence electrons. The maximum Gasteiger partial charge on any atom is 0.309 e. The van der Waals surface area contributed by atoms with Crippen molar-refractivity contribution in [2.75, 3.05) is 20.8 Å². The number of rotatable bonds is 5. The summed E-state index contributed by atoms with van der Waals surface area (Å²) in [6.45, 7) is 1.28. The number of carbonyl (C=O) groups is 1. The van der Waals surface area contributed by atoms with E-state index in [1.54, 1.807) is 14.2 Å². The van der Waals surface area contributed by atoms with Gasteiger partial charge in [0.2, 0.25) is 0 Å². The summed E-state index contributed by atoms with van der Waals surface area (Å²) in [5, 5.41) is 3.75. The lowest BCUT2D eigenvalue weighted by Gasteiger charge is -2.44. The molecule has 0 unspecified atom stereocenters. The van der Waals surface area contributed by atoms with Crippen molar-refractivity contribution in [1.82, 2.24) is 5.32 Å². The average molecular weight is 395 g/mol. The monoisotopic (exact) mass is 395 g/mol. The van der Waals surface area contributed by atoms with Crippen molar-refractivity contribution in [3.8, 4) is 11.5 Å². The van der Waals surface area contributed by atoms with Crippen LogP contribution in [0.1, 0.15) is 42.4 Å². The SMILES string of the molecule is COc1cc2c(cc1OC)[C@]1(CC[C@H](C(=O)OCc3ccccc3)CC1)NCC2. The van der Waals surface area contributed by atoms with E-state index in [9.17, 15) is 4.79 Å². The Morgan fingerprint density at radius 1 is 1.07 bits per heavy atom. The van der Waals surface area contributed by atoms with Crippen LogP contribution in [0.4, 0.5) is 0 Å². The number of benzene rings is 2. The average Bonchev–Trinajstić information content (AvgIpc) is 2.78. The van der Waals surface area contributed by atoms with Gasteiger partial charge in [-0.1, -0.05) is 30.3 Å². The lowest BCUT2D eigenvalue weighted by atomic mass is 9.69. The minimum Gasteiger partial charge on any atom is -0.493 e. The number of hydrogen-bond donors (Lipinski definition) is 1. The number of ether oxygens (including phenoxy) is 3. The molecular formula is C24H29NO4. The third-order valence-electron chi connectivity index (χ3n) is 6.38. The standard InChI is InChI=1S/C24H29NO4/c1-27-21-14-19-10-13-25-24(20(19)15-22(21)28-2)11-8-18(9-12-24)23(26)29-16-17-6-4-3-5-7-17/h3-7,14-15,18,25H,8-13,16H2,1-2H3/t18-,24+. The molecule has 1 fully saturated rings. The van der Waals surface area contributed by atoms with Crippen LogP contribution < -0.4 is 14.8 Å². The molecular weight excluding hydrogens is 366 g/mol. The zero-order chi connectivity index (χ0) is 20.3. The summed E-state index contributed by atoms with van der Waals surface area (Å²) < 4.78 is 16.6. The number of hydrogen-bond acceptors (Lipinski definition) is 5. The van der Waals surface area contributed by atoms with E-state index in [4.69, 9.17) is 14.2 Å². The molecule has 1 saturated carbocycles. The molecule has 0 aromatic heterocycles. The van der Waals surface area contributed by atoms with Crippen molar-refractivity contribution in [2.24, 2.45) is 5.92 Å². The van der Waals surface area contributed by atoms with Crippen molar-refractivity contribution in [3.05, 3.63) is 59.2 Å². The van der Waals surface area contributed by atoms with Crippen molar-refractivity contribution in [3.63, 3.8) is 0 Å². The Labute approximate surface area is 172 Å². The number of carbonyl (C=O) groups excluding carboxylic acids is 1. The molecule has 0 saturated heterocycles. The van der Waals surface area contributed by atoms with E-state index in [2.05, 4.69) is 17.4 Å². The van der Waals surface area contributed by atoms with Gasteiger partial charge >= 0.3 is 5.97 Å². The Balaban J connectivity index is 1.44. The summed E-state index contributed by atoms with van der Waals surface area (Å²) in [5.74, 6) is 1.43. The molecule has 5 nitrogen and oxygen atoms in total. The maximum absolute atomic E-state index is 12.6. The van der Waals surface area contributed by atoms with Crippen LogP contribution in [0.25, 0.3) is 0 Å². The van der Waals surface area contributed by atoms with Gasteiger partial charge in [0.1, 0.15) is 6.61 Å². The maximum atomic E-state index is 12.6. The van der Waals surface area contributed by atoms with Gasteiger partial charge in [0.25, 0.3) is 0 Å². The zero-order valence-electron chi connectivity index (χ0n) is 17.2. The van der Waals surface area contributed by atoms with Crippen LogP contribution in [-0.4, -0.2) is 26.7 Å². The van der Waals surface area contributed by atoms with E-state index in [-0.39, 0.29) is 17.4 Å². The largest absolute Gasteiger partial charge is 0.493 e. The lowest BCUT2D eigenvalue weighted by Crippen LogP contribution is -2.50. The molecule has 2 aliphatic rings. The first-order valence-electron chi connectivity index (χ1n) is 10.4. The van der Waals surface area contributed by atoms with Gasteiger partial charge in [-0.05, 0) is 60.9 Å². The first-order chi connectivity index (χ1) is 14.1. The Morgan fingerprint density at radius 3 is 2.45 bits per heavy atom. The molecule has 0 bridgehead atoms. The molecule has 0 amide bonds. The van der Waals surface area contributed by atoms with E-state index in [0.29, 0.717) is 6.61 Å². The summed E-state index contributed by atoms with van der Waals surface area (Å²) in [7, 11) is 3.35. The van der Waals surface area contributed by atoms with Crippen LogP contribution >= 0.6 is 0 Å². The topological polar surface area (TPSA) is 56.8 Å². The number of methoxy groups -OCH3 is 2. The fraction of sp³-hybridized carbons (Fsp3) is 0.458. The minimum absolute atomic E-state index is 0.0309. The zero-order valence-corrected chi connectivity index (χ0v) is 17.2. The molecule has 1 N–H and O–H groups in total. The van der Waals surface area contributed by atoms with Gasteiger partial charge in [0, 0.05) is 12.1 Å². The van der Waals surface area contributed by atoms with Gasteiger partial charge in [0.05, 0.1) is 20.1 Å². The highest BCUT2D eigenvalue weighted by atomic mass is 16.5. The van der Waals surface area contributed by atoms with E-state index >= 15 is 0 Å². The predicted octanol–water partition coefficient (Wildman–Crippen LogP) is 3.98. The predicted molar refractivity (Wildman–Crippen MR) is 111 cm³/mol. The fourth-order valence-corrected chi connectivity index (χ4v) is 4.74. The molecule has 0 atom stereocenters. The third kappa shape index (κ3) is 3.97. The van der Waals surface area contributed by atoms with E-state index in [1.165, 1.54) is 11.1 Å². The first-order valence-corrected chi connectivity index (χ1v) is 10.4. The summed E-state index contributed by atoms with van der Waals surface area (Å²) >= 11 is 0. The van der Waals surface area contributed by atoms with E-state index in [1.807, 2.05) is 30.3 Å². The van der Waals surface area contributed by atoms with Gasteiger partial charge in [-0.2, -0.15) is 0 Å². The highest BCUT2D eigenvalue weighted by molar-refractivity contribution is 5.72. The number of fused-ring (bicyclic) bond motifs is 2. The first kappa shape index (κ1) is 19.8. The van der Waals surface area contributed by atoms with Gasteiger partial charge in [-0.15, -0.1) is 0 Å². The summed E-state index contributed by atoms with van der Waals surface area (Å²) in [5.41, 5.74) is 3.53. The second kappa shape index (κ2) is 8.46. The fourth-order valence-electron chi connectivity index (χ4n) is 4.74. The van der Waals surface area contributed by atoms with Gasteiger partial charge in [-0.25, -0.2) is 0 Å². The molecule has 1 heterocycles. The van der Waals surface area contributed by atoms with Crippen molar-refractivity contribution >= 4 is 5.97 Å². The normalized spacial score (nSPS) is 23.3. The lowest BCUT2D eigenvalue weighted by molar-refractivity contribution is -0.151. The molecule has 29 heavy (non-hydrogen) atoms. The quantitative estimate of drug-likeness (QED) is 0.776. The van der Waals surface area contributed by atoms with Gasteiger partial charge < -0.3 is 19.5 Å². The Kier molecular flexibility index (Phi) is 5.76. The van der Waals surface area contributed by atoms with E-state index in [0.717, 1.165) is 55.7 Å². The third-order valence-corrected chi connectivity index (χ3v) is 6.38. The second-order valence-electron chi connectivity index (χ2n) is 7.99. The highest BCUT2D eigenvalue weighted by Crippen LogP contribution is 2.46. The molecule has 1 spiro atoms. The summed E-state index contributed by atoms with van der Waals surface area (Å²) in [4.78, 5) is 12.6. The molecule has 5 heteroatoms. The molecule has 2 aromatic carbocycles. The van der Waals surface area contributed by atoms with Crippen LogP contribution in [-0.2, 0) is 28.1 Å². The van der Waals surface area contributed by atoms with Crippen LogP contribution in [0.2, 0.25) is 0 Å². The molecule has 2 aromatic rings. The Hall–Kier alpha value is -2.53. The van der Waals surface area contributed by atoms with Crippen LogP contribution in [0, 0.1) is 5.92 Å². The second-order valence-corrected chi connectivity index (χ2v) is 7.99. The van der Waals surface area contributed by atoms with Crippen LogP contribution in [0.3, 0.4) is 0 Å². The van der Waals surface area contributed by atoms with E-state index < -0.39 is 0 Å². The molecule has 0 radical (unpaired) electrons. The minimum atomic E-state index is -0.0939. The Bertz CT molecular complexity index is 857. The highest BCUT2D eigenvalue weighted by Gasteiger charge is 2.42. The van der Waals surface area contributed by atoms with Crippen LogP contribution in [0.5, 0.6) is 11.5 Å². The van der Waals surface area contributed by atoms with Crippen molar-refractivity contribution in [2.45, 2.75) is 44.2 Å². The molecule has 1 aliphatic carbocycles. The van der Waals surface area contributed by atoms with Gasteiger partial charge in [-0.3, -0.25) is 4.79 Å².